The Hall–Kier alpha value is -2.40. The number of aryl methyl sites for hydroxylation is 1. The second-order valence-electron chi connectivity index (χ2n) is 5.30. The maximum absolute atomic E-state index is 12.0. The van der Waals surface area contributed by atoms with Crippen LogP contribution in [0.4, 0.5) is 5.69 Å². The summed E-state index contributed by atoms with van der Waals surface area (Å²) in [5.41, 5.74) is 2.74. The molecule has 2 rings (SSSR count). The van der Waals surface area contributed by atoms with Gasteiger partial charge in [0.1, 0.15) is 0 Å². The predicted octanol–water partition coefficient (Wildman–Crippen LogP) is 3.39. The molecule has 1 amide bonds. The number of hydrogen-bond acceptors (Lipinski definition) is 4. The topological polar surface area (TPSA) is 59.6 Å². The third kappa shape index (κ3) is 4.80. The highest BCUT2D eigenvalue weighted by Gasteiger charge is 2.07. The van der Waals surface area contributed by atoms with Crippen LogP contribution >= 0.6 is 11.6 Å². The summed E-state index contributed by atoms with van der Waals surface area (Å²) in [6.45, 7) is 2.52. The van der Waals surface area contributed by atoms with Crippen molar-refractivity contribution >= 4 is 23.2 Å². The second kappa shape index (κ2) is 8.45. The molecule has 0 unspecified atom stereocenters. The Morgan fingerprint density at radius 1 is 1.08 bits per heavy atom. The molecule has 2 aromatic carbocycles. The number of halogens is 1. The van der Waals surface area contributed by atoms with E-state index in [1.165, 1.54) is 0 Å². The fraction of sp³-hybridized carbons (Fsp3) is 0.278. The summed E-state index contributed by atoms with van der Waals surface area (Å²) in [6.07, 6.45) is 0. The summed E-state index contributed by atoms with van der Waals surface area (Å²) in [4.78, 5) is 12.0. The number of nitrogens with one attached hydrogen (secondary N) is 2. The van der Waals surface area contributed by atoms with Gasteiger partial charge in [-0.2, -0.15) is 0 Å². The number of hydrogen-bond donors (Lipinski definition) is 2. The van der Waals surface area contributed by atoms with E-state index in [9.17, 15) is 4.79 Å². The lowest BCUT2D eigenvalue weighted by molar-refractivity contribution is -0.119. The largest absolute Gasteiger partial charge is 0.493 e. The van der Waals surface area contributed by atoms with Gasteiger partial charge in [-0.25, -0.2) is 0 Å². The summed E-state index contributed by atoms with van der Waals surface area (Å²) >= 11 is 6.13. The van der Waals surface area contributed by atoms with E-state index in [0.29, 0.717) is 23.1 Å². The Labute approximate surface area is 146 Å². The molecular weight excluding hydrogens is 328 g/mol. The van der Waals surface area contributed by atoms with Gasteiger partial charge in [0.05, 0.1) is 31.5 Å². The molecule has 0 aliphatic rings. The molecule has 0 saturated heterocycles. The minimum atomic E-state index is -0.124. The molecule has 0 aliphatic heterocycles. The zero-order valence-electron chi connectivity index (χ0n) is 14.0. The van der Waals surface area contributed by atoms with Crippen molar-refractivity contribution in [3.63, 3.8) is 0 Å². The van der Waals surface area contributed by atoms with Crippen molar-refractivity contribution in [2.45, 2.75) is 13.5 Å². The number of benzene rings is 2. The van der Waals surface area contributed by atoms with Gasteiger partial charge in [0.2, 0.25) is 5.91 Å². The highest BCUT2D eigenvalue weighted by Crippen LogP contribution is 2.27. The highest BCUT2D eigenvalue weighted by molar-refractivity contribution is 6.33. The van der Waals surface area contributed by atoms with Gasteiger partial charge >= 0.3 is 0 Å². The molecule has 5 nitrogen and oxygen atoms in total. The molecular formula is C18H21ClN2O3. The number of carbonyl (C=O) groups is 1. The number of rotatable bonds is 7. The lowest BCUT2D eigenvalue weighted by Gasteiger charge is -2.11. The van der Waals surface area contributed by atoms with Crippen LogP contribution in [0.3, 0.4) is 0 Å². The lowest BCUT2D eigenvalue weighted by Crippen LogP contribution is -2.29. The zero-order chi connectivity index (χ0) is 17.5. The first kappa shape index (κ1) is 17.9. The molecule has 0 aliphatic carbocycles. The molecule has 0 saturated carbocycles. The van der Waals surface area contributed by atoms with Gasteiger partial charge in [-0.05, 0) is 42.3 Å². The van der Waals surface area contributed by atoms with Gasteiger partial charge in [-0.15, -0.1) is 0 Å². The smallest absolute Gasteiger partial charge is 0.239 e. The van der Waals surface area contributed by atoms with E-state index in [1.807, 2.05) is 43.3 Å². The minimum Gasteiger partial charge on any atom is -0.493 e. The van der Waals surface area contributed by atoms with E-state index in [-0.39, 0.29) is 12.5 Å². The molecule has 2 aromatic rings. The molecule has 0 fully saturated rings. The highest BCUT2D eigenvalue weighted by atomic mass is 35.5. The van der Waals surface area contributed by atoms with Crippen LogP contribution in [0, 0.1) is 6.92 Å². The summed E-state index contributed by atoms with van der Waals surface area (Å²) < 4.78 is 10.4. The minimum absolute atomic E-state index is 0.124. The predicted molar refractivity (Wildman–Crippen MR) is 96.1 cm³/mol. The zero-order valence-corrected chi connectivity index (χ0v) is 14.7. The average Bonchev–Trinajstić information content (AvgIpc) is 2.58. The first-order chi connectivity index (χ1) is 11.5. The van der Waals surface area contributed by atoms with Crippen molar-refractivity contribution in [2.24, 2.45) is 0 Å². The maximum Gasteiger partial charge on any atom is 0.239 e. The number of carbonyl (C=O) groups excluding carboxylic acids is 1. The van der Waals surface area contributed by atoms with Crippen molar-refractivity contribution in [3.8, 4) is 11.5 Å². The number of anilines is 1. The first-order valence-corrected chi connectivity index (χ1v) is 7.89. The SMILES string of the molecule is COc1ccc(CNC(=O)CNc2ccc(C)cc2Cl)cc1OC. The maximum atomic E-state index is 12.0. The summed E-state index contributed by atoms with van der Waals surface area (Å²) in [7, 11) is 3.16. The molecule has 24 heavy (non-hydrogen) atoms. The Morgan fingerprint density at radius 2 is 1.83 bits per heavy atom. The van der Waals surface area contributed by atoms with Crippen LogP contribution < -0.4 is 20.1 Å². The molecule has 0 atom stereocenters. The van der Waals surface area contributed by atoms with Gasteiger partial charge in [-0.1, -0.05) is 23.7 Å². The van der Waals surface area contributed by atoms with Crippen LogP contribution in [0.1, 0.15) is 11.1 Å². The number of amides is 1. The average molecular weight is 349 g/mol. The standard InChI is InChI=1S/C18H21ClN2O3/c1-12-4-6-15(14(19)8-12)20-11-18(22)21-10-13-5-7-16(23-2)17(9-13)24-3/h4-9,20H,10-11H2,1-3H3,(H,21,22). The van der Waals surface area contributed by atoms with Crippen LogP contribution in [0.25, 0.3) is 0 Å². The fourth-order valence-corrected chi connectivity index (χ4v) is 2.49. The molecule has 128 valence electrons. The van der Waals surface area contributed by atoms with E-state index in [1.54, 1.807) is 14.2 Å². The summed E-state index contributed by atoms with van der Waals surface area (Å²) in [5.74, 6) is 1.17. The van der Waals surface area contributed by atoms with Gasteiger partial charge < -0.3 is 20.1 Å². The van der Waals surface area contributed by atoms with Crippen molar-refractivity contribution in [3.05, 3.63) is 52.5 Å². The monoisotopic (exact) mass is 348 g/mol. The van der Waals surface area contributed by atoms with Crippen LogP contribution in [0.5, 0.6) is 11.5 Å². The second-order valence-corrected chi connectivity index (χ2v) is 5.71. The summed E-state index contributed by atoms with van der Waals surface area (Å²) in [5, 5.41) is 6.48. The molecule has 0 heterocycles. The van der Waals surface area contributed by atoms with Crippen molar-refractivity contribution in [2.75, 3.05) is 26.1 Å². The molecule has 2 N–H and O–H groups in total. The lowest BCUT2D eigenvalue weighted by atomic mass is 10.2. The summed E-state index contributed by atoms with van der Waals surface area (Å²) in [6, 6.07) is 11.2. The normalized spacial score (nSPS) is 10.2. The third-order valence-electron chi connectivity index (χ3n) is 3.50. The van der Waals surface area contributed by atoms with E-state index < -0.39 is 0 Å². The Balaban J connectivity index is 1.87. The Morgan fingerprint density at radius 3 is 2.50 bits per heavy atom. The van der Waals surface area contributed by atoms with Gasteiger partial charge in [-0.3, -0.25) is 4.79 Å². The van der Waals surface area contributed by atoms with Gasteiger partial charge in [0, 0.05) is 6.54 Å². The van der Waals surface area contributed by atoms with E-state index in [0.717, 1.165) is 16.8 Å². The Kier molecular flexibility index (Phi) is 6.32. The van der Waals surface area contributed by atoms with Crippen molar-refractivity contribution in [1.29, 1.82) is 0 Å². The molecule has 0 bridgehead atoms. The van der Waals surface area contributed by atoms with Crippen LogP contribution in [0.2, 0.25) is 5.02 Å². The van der Waals surface area contributed by atoms with Crippen LogP contribution in [0.15, 0.2) is 36.4 Å². The first-order valence-electron chi connectivity index (χ1n) is 7.51. The molecule has 0 radical (unpaired) electrons. The molecule has 0 aromatic heterocycles. The van der Waals surface area contributed by atoms with Crippen LogP contribution in [-0.4, -0.2) is 26.7 Å². The quantitative estimate of drug-likeness (QED) is 0.805. The van der Waals surface area contributed by atoms with Crippen molar-refractivity contribution < 1.29 is 14.3 Å². The van der Waals surface area contributed by atoms with Crippen molar-refractivity contribution in [1.82, 2.24) is 5.32 Å². The van der Waals surface area contributed by atoms with Gasteiger partial charge in [0.25, 0.3) is 0 Å². The van der Waals surface area contributed by atoms with Gasteiger partial charge in [0.15, 0.2) is 11.5 Å². The molecule has 6 heteroatoms. The fourth-order valence-electron chi connectivity index (χ4n) is 2.19. The van der Waals surface area contributed by atoms with Crippen LogP contribution in [-0.2, 0) is 11.3 Å². The number of ether oxygens (including phenoxy) is 2. The number of methoxy groups -OCH3 is 2. The van der Waals surface area contributed by atoms with E-state index in [2.05, 4.69) is 10.6 Å². The third-order valence-corrected chi connectivity index (χ3v) is 3.81. The van der Waals surface area contributed by atoms with E-state index in [4.69, 9.17) is 21.1 Å². The molecule has 0 spiro atoms. The van der Waals surface area contributed by atoms with E-state index >= 15 is 0 Å². The Bertz CT molecular complexity index is 719.